The summed E-state index contributed by atoms with van der Waals surface area (Å²) >= 11 is 0. The zero-order valence-electron chi connectivity index (χ0n) is 19.8. The highest BCUT2D eigenvalue weighted by Crippen LogP contribution is 2.25. The third kappa shape index (κ3) is 4.22. The summed E-state index contributed by atoms with van der Waals surface area (Å²) in [4.78, 5) is 34.9. The number of pyridine rings is 2. The molecule has 5 rings (SSSR count). The molecule has 178 valence electrons. The van der Waals surface area contributed by atoms with Crippen molar-refractivity contribution in [3.63, 3.8) is 0 Å². The average Bonchev–Trinajstić information content (AvgIpc) is 3.41. The second-order valence-electron chi connectivity index (χ2n) is 9.25. The van der Waals surface area contributed by atoms with Gasteiger partial charge in [0, 0.05) is 30.1 Å². The van der Waals surface area contributed by atoms with Crippen LogP contribution in [0.25, 0.3) is 33.5 Å². The van der Waals surface area contributed by atoms with E-state index in [-0.39, 0.29) is 24.7 Å². The fourth-order valence-electron chi connectivity index (χ4n) is 4.22. The number of nitrogens with one attached hydrogen (secondary N) is 1. The zero-order chi connectivity index (χ0) is 24.7. The lowest BCUT2D eigenvalue weighted by Crippen LogP contribution is -2.40. The van der Waals surface area contributed by atoms with Gasteiger partial charge in [-0.3, -0.25) is 9.36 Å². The summed E-state index contributed by atoms with van der Waals surface area (Å²) in [7, 11) is 0. The number of imidazole rings is 2. The third-order valence-corrected chi connectivity index (χ3v) is 5.91. The number of amides is 1. The van der Waals surface area contributed by atoms with E-state index in [0.29, 0.717) is 16.9 Å². The summed E-state index contributed by atoms with van der Waals surface area (Å²) in [5, 5.41) is 12.6. The standard InChI is InChI=1S/C26H26N6O3/c1-17-6-4-8-20-24(17)32(25(34)31(20)14-23(33)29-15-26(2,3)35)22-10-9-18(12-28-22)19-7-5-11-30-16-27-13-21(19)30/h4-13,16,35H,14-15H2,1-3H3,(H,29,33). The Kier molecular flexibility index (Phi) is 5.49. The van der Waals surface area contributed by atoms with Gasteiger partial charge in [0.15, 0.2) is 0 Å². The Morgan fingerprint density at radius 3 is 2.66 bits per heavy atom. The number of para-hydroxylation sites is 1. The summed E-state index contributed by atoms with van der Waals surface area (Å²) in [5.41, 5.74) is 3.69. The normalized spacial score (nSPS) is 11.9. The van der Waals surface area contributed by atoms with Gasteiger partial charge in [-0.15, -0.1) is 0 Å². The van der Waals surface area contributed by atoms with Crippen molar-refractivity contribution in [2.24, 2.45) is 0 Å². The van der Waals surface area contributed by atoms with E-state index in [0.717, 1.165) is 22.2 Å². The van der Waals surface area contributed by atoms with E-state index in [4.69, 9.17) is 0 Å². The van der Waals surface area contributed by atoms with E-state index < -0.39 is 5.60 Å². The quantitative estimate of drug-likeness (QED) is 0.397. The van der Waals surface area contributed by atoms with Crippen LogP contribution in [-0.2, 0) is 11.3 Å². The number of nitrogens with zero attached hydrogens (tertiary/aromatic N) is 5. The second-order valence-corrected chi connectivity index (χ2v) is 9.25. The molecular formula is C26H26N6O3. The lowest BCUT2D eigenvalue weighted by Gasteiger charge is -2.17. The van der Waals surface area contributed by atoms with Crippen LogP contribution in [0, 0.1) is 6.92 Å². The number of fused-ring (bicyclic) bond motifs is 2. The molecule has 0 saturated heterocycles. The fraction of sp³-hybridized carbons (Fsp3) is 0.231. The van der Waals surface area contributed by atoms with Gasteiger partial charge < -0.3 is 14.8 Å². The molecule has 9 nitrogen and oxygen atoms in total. The van der Waals surface area contributed by atoms with Crippen molar-refractivity contribution in [1.82, 2.24) is 28.8 Å². The number of aromatic nitrogens is 5. The van der Waals surface area contributed by atoms with Crippen LogP contribution in [0.5, 0.6) is 0 Å². The first kappa shape index (κ1) is 22.5. The summed E-state index contributed by atoms with van der Waals surface area (Å²) in [6, 6.07) is 13.3. The van der Waals surface area contributed by atoms with Crippen LogP contribution in [0.2, 0.25) is 0 Å². The molecule has 0 saturated carbocycles. The van der Waals surface area contributed by atoms with Crippen molar-refractivity contribution in [3.05, 3.63) is 83.4 Å². The summed E-state index contributed by atoms with van der Waals surface area (Å²) in [6.45, 7) is 5.06. The molecule has 0 fully saturated rings. The highest BCUT2D eigenvalue weighted by molar-refractivity contribution is 5.84. The van der Waals surface area contributed by atoms with Crippen molar-refractivity contribution in [3.8, 4) is 16.9 Å². The number of aryl methyl sites for hydroxylation is 1. The minimum atomic E-state index is -1.04. The SMILES string of the molecule is Cc1cccc2c1n(-c1ccc(-c3cccn4cncc34)cn1)c(=O)n2CC(=O)NCC(C)(C)O. The minimum Gasteiger partial charge on any atom is -0.389 e. The van der Waals surface area contributed by atoms with Crippen LogP contribution >= 0.6 is 0 Å². The van der Waals surface area contributed by atoms with E-state index in [1.165, 1.54) is 9.13 Å². The molecule has 0 atom stereocenters. The number of rotatable bonds is 6. The maximum Gasteiger partial charge on any atom is 0.335 e. The van der Waals surface area contributed by atoms with Crippen LogP contribution in [0.3, 0.4) is 0 Å². The Balaban J connectivity index is 1.56. The second kappa shape index (κ2) is 8.52. The minimum absolute atomic E-state index is 0.0885. The number of carbonyl (C=O) groups excluding carboxylic acids is 1. The maximum absolute atomic E-state index is 13.5. The molecule has 35 heavy (non-hydrogen) atoms. The van der Waals surface area contributed by atoms with Crippen molar-refractivity contribution < 1.29 is 9.90 Å². The number of aliphatic hydroxyl groups is 1. The Morgan fingerprint density at radius 2 is 1.91 bits per heavy atom. The molecule has 0 radical (unpaired) electrons. The van der Waals surface area contributed by atoms with E-state index >= 15 is 0 Å². The molecule has 9 heteroatoms. The van der Waals surface area contributed by atoms with E-state index in [1.54, 1.807) is 38.6 Å². The van der Waals surface area contributed by atoms with Gasteiger partial charge in [-0.1, -0.05) is 18.2 Å². The number of carbonyl (C=O) groups is 1. The Hall–Kier alpha value is -4.24. The molecule has 4 heterocycles. The van der Waals surface area contributed by atoms with Crippen LogP contribution in [0.1, 0.15) is 19.4 Å². The van der Waals surface area contributed by atoms with Gasteiger partial charge in [0.05, 0.1) is 34.7 Å². The molecule has 0 aliphatic rings. The topological polar surface area (TPSA) is 106 Å². The number of hydrogen-bond donors (Lipinski definition) is 2. The molecular weight excluding hydrogens is 444 g/mol. The van der Waals surface area contributed by atoms with Crippen molar-refractivity contribution >= 4 is 22.5 Å². The smallest absolute Gasteiger partial charge is 0.335 e. The van der Waals surface area contributed by atoms with Gasteiger partial charge in [0.2, 0.25) is 5.91 Å². The first-order chi connectivity index (χ1) is 16.7. The van der Waals surface area contributed by atoms with Crippen molar-refractivity contribution in [2.75, 3.05) is 6.54 Å². The molecule has 0 aliphatic carbocycles. The van der Waals surface area contributed by atoms with Crippen molar-refractivity contribution in [2.45, 2.75) is 32.9 Å². The lowest BCUT2D eigenvalue weighted by atomic mass is 10.1. The first-order valence-electron chi connectivity index (χ1n) is 11.3. The molecule has 2 N–H and O–H groups in total. The lowest BCUT2D eigenvalue weighted by molar-refractivity contribution is -0.122. The van der Waals surface area contributed by atoms with Crippen LogP contribution in [0.15, 0.2) is 72.2 Å². The molecule has 1 amide bonds. The Bertz CT molecular complexity index is 1600. The predicted molar refractivity (Wildman–Crippen MR) is 134 cm³/mol. The molecule has 0 aliphatic heterocycles. The fourth-order valence-corrected chi connectivity index (χ4v) is 4.22. The van der Waals surface area contributed by atoms with Crippen LogP contribution in [-0.4, -0.2) is 46.7 Å². The van der Waals surface area contributed by atoms with Crippen LogP contribution < -0.4 is 11.0 Å². The third-order valence-electron chi connectivity index (χ3n) is 5.91. The molecule has 0 spiro atoms. The highest BCUT2D eigenvalue weighted by Gasteiger charge is 2.20. The van der Waals surface area contributed by atoms with Gasteiger partial charge in [0.1, 0.15) is 12.4 Å². The Morgan fingerprint density at radius 1 is 1.09 bits per heavy atom. The Labute approximate surface area is 201 Å². The van der Waals surface area contributed by atoms with Gasteiger partial charge in [-0.25, -0.2) is 19.3 Å². The average molecular weight is 471 g/mol. The van der Waals surface area contributed by atoms with Crippen LogP contribution in [0.4, 0.5) is 0 Å². The number of benzene rings is 1. The highest BCUT2D eigenvalue weighted by atomic mass is 16.3. The summed E-state index contributed by atoms with van der Waals surface area (Å²) < 4.78 is 4.91. The zero-order valence-corrected chi connectivity index (χ0v) is 19.8. The molecule has 0 unspecified atom stereocenters. The van der Waals surface area contributed by atoms with Gasteiger partial charge >= 0.3 is 5.69 Å². The van der Waals surface area contributed by atoms with E-state index in [2.05, 4.69) is 15.3 Å². The largest absolute Gasteiger partial charge is 0.389 e. The maximum atomic E-state index is 13.5. The molecule has 0 bridgehead atoms. The van der Waals surface area contributed by atoms with E-state index in [9.17, 15) is 14.7 Å². The molecule has 4 aromatic heterocycles. The summed E-state index contributed by atoms with van der Waals surface area (Å²) in [5.74, 6) is 0.112. The van der Waals surface area contributed by atoms with Gasteiger partial charge in [-0.2, -0.15) is 0 Å². The predicted octanol–water partition coefficient (Wildman–Crippen LogP) is 2.70. The van der Waals surface area contributed by atoms with Gasteiger partial charge in [0.25, 0.3) is 0 Å². The van der Waals surface area contributed by atoms with E-state index in [1.807, 2.05) is 53.9 Å². The number of hydrogen-bond acceptors (Lipinski definition) is 5. The molecule has 1 aromatic carbocycles. The first-order valence-corrected chi connectivity index (χ1v) is 11.3. The molecule has 5 aromatic rings. The van der Waals surface area contributed by atoms with Gasteiger partial charge in [-0.05, 0) is 50.6 Å². The monoisotopic (exact) mass is 470 g/mol. The van der Waals surface area contributed by atoms with Crippen molar-refractivity contribution in [1.29, 1.82) is 0 Å². The summed E-state index contributed by atoms with van der Waals surface area (Å²) in [6.07, 6.45) is 7.22.